The molecule has 4 aromatic rings. The molecule has 0 atom stereocenters. The summed E-state index contributed by atoms with van der Waals surface area (Å²) in [6.45, 7) is 4.57. The summed E-state index contributed by atoms with van der Waals surface area (Å²) in [4.78, 5) is 12.7. The molecule has 27 heavy (non-hydrogen) atoms. The third kappa shape index (κ3) is 3.39. The molecular formula is C20H19N5O2. The first kappa shape index (κ1) is 16.8. The first-order chi connectivity index (χ1) is 13.0. The predicted octanol–water partition coefficient (Wildman–Crippen LogP) is 3.38. The quantitative estimate of drug-likeness (QED) is 0.519. The van der Waals surface area contributed by atoms with Crippen molar-refractivity contribution in [3.05, 3.63) is 71.0 Å². The number of phenolic OH excluding ortho intramolecular Hbond substituents is 1. The molecule has 0 aliphatic carbocycles. The van der Waals surface area contributed by atoms with Gasteiger partial charge in [-0.2, -0.15) is 10.2 Å². The first-order valence-corrected chi connectivity index (χ1v) is 8.58. The topological polar surface area (TPSA) is 95.8 Å². The summed E-state index contributed by atoms with van der Waals surface area (Å²) >= 11 is 0. The van der Waals surface area contributed by atoms with Gasteiger partial charge < -0.3 is 10.4 Å². The molecule has 4 rings (SSSR count). The van der Waals surface area contributed by atoms with Gasteiger partial charge >= 0.3 is 0 Å². The summed E-state index contributed by atoms with van der Waals surface area (Å²) in [5.74, 6) is 0.325. The van der Waals surface area contributed by atoms with E-state index in [1.165, 1.54) is 0 Å². The number of carbonyl (C=O) groups is 1. The zero-order chi connectivity index (χ0) is 19.0. The van der Waals surface area contributed by atoms with E-state index in [2.05, 4.69) is 20.6 Å². The molecule has 136 valence electrons. The van der Waals surface area contributed by atoms with Crippen molar-refractivity contribution < 1.29 is 9.90 Å². The Kier molecular flexibility index (Phi) is 4.12. The van der Waals surface area contributed by atoms with E-state index < -0.39 is 0 Å². The number of benzene rings is 2. The van der Waals surface area contributed by atoms with Crippen LogP contribution in [0.15, 0.2) is 48.5 Å². The predicted molar refractivity (Wildman–Crippen MR) is 103 cm³/mol. The van der Waals surface area contributed by atoms with E-state index >= 15 is 0 Å². The van der Waals surface area contributed by atoms with Crippen LogP contribution in [-0.2, 0) is 6.54 Å². The number of aromatic hydroxyl groups is 1. The maximum Gasteiger partial charge on any atom is 0.256 e. The number of aromatic amines is 1. The number of nitrogens with one attached hydrogen (secondary N) is 2. The van der Waals surface area contributed by atoms with Crippen LogP contribution < -0.4 is 5.32 Å². The number of aryl methyl sites for hydroxylation is 2. The molecule has 0 saturated carbocycles. The van der Waals surface area contributed by atoms with Crippen LogP contribution in [0, 0.1) is 13.8 Å². The summed E-state index contributed by atoms with van der Waals surface area (Å²) in [5, 5.41) is 24.5. The van der Waals surface area contributed by atoms with E-state index in [0.29, 0.717) is 23.4 Å². The van der Waals surface area contributed by atoms with Gasteiger partial charge in [-0.15, -0.1) is 0 Å². The summed E-state index contributed by atoms with van der Waals surface area (Å²) in [7, 11) is 0. The zero-order valence-corrected chi connectivity index (χ0v) is 15.0. The SMILES string of the molecule is Cc1cc(C)n(Cc2cccc(C(=O)Nc3n[nH]c4cc(O)ccc34)c2)n1. The van der Waals surface area contributed by atoms with Gasteiger partial charge in [-0.05, 0) is 49.7 Å². The molecule has 0 fully saturated rings. The number of amides is 1. The Morgan fingerprint density at radius 3 is 2.81 bits per heavy atom. The van der Waals surface area contributed by atoms with Gasteiger partial charge in [-0.3, -0.25) is 14.6 Å². The number of carbonyl (C=O) groups excluding carboxylic acids is 1. The van der Waals surface area contributed by atoms with E-state index in [0.717, 1.165) is 22.3 Å². The minimum atomic E-state index is -0.244. The van der Waals surface area contributed by atoms with Crippen molar-refractivity contribution in [3.63, 3.8) is 0 Å². The Bertz CT molecular complexity index is 1140. The molecule has 0 aliphatic heterocycles. The number of anilines is 1. The lowest BCUT2D eigenvalue weighted by atomic mass is 10.1. The van der Waals surface area contributed by atoms with Gasteiger partial charge in [0.2, 0.25) is 0 Å². The molecule has 0 aliphatic rings. The number of phenols is 1. The van der Waals surface area contributed by atoms with Gasteiger partial charge in [0.1, 0.15) is 5.75 Å². The van der Waals surface area contributed by atoms with Gasteiger partial charge in [0.05, 0.1) is 17.8 Å². The van der Waals surface area contributed by atoms with Crippen molar-refractivity contribution in [2.75, 3.05) is 5.32 Å². The number of hydrogen-bond donors (Lipinski definition) is 3. The molecule has 0 spiro atoms. The van der Waals surface area contributed by atoms with Gasteiger partial charge in [-0.25, -0.2) is 0 Å². The number of hydrogen-bond acceptors (Lipinski definition) is 4. The number of aromatic nitrogens is 4. The lowest BCUT2D eigenvalue weighted by Crippen LogP contribution is -2.13. The third-order valence-electron chi connectivity index (χ3n) is 4.40. The fourth-order valence-corrected chi connectivity index (χ4v) is 3.10. The molecule has 7 nitrogen and oxygen atoms in total. The number of fused-ring (bicyclic) bond motifs is 1. The van der Waals surface area contributed by atoms with Crippen molar-refractivity contribution in [1.29, 1.82) is 0 Å². The van der Waals surface area contributed by atoms with Crippen LogP contribution in [0.25, 0.3) is 10.9 Å². The fraction of sp³-hybridized carbons (Fsp3) is 0.150. The Balaban J connectivity index is 1.56. The highest BCUT2D eigenvalue weighted by Crippen LogP contribution is 2.24. The van der Waals surface area contributed by atoms with Gasteiger partial charge in [0.15, 0.2) is 5.82 Å². The number of rotatable bonds is 4. The normalized spacial score (nSPS) is 11.0. The molecule has 3 N–H and O–H groups in total. The fourth-order valence-electron chi connectivity index (χ4n) is 3.10. The minimum Gasteiger partial charge on any atom is -0.508 e. The molecule has 0 unspecified atom stereocenters. The average molecular weight is 361 g/mol. The highest BCUT2D eigenvalue weighted by atomic mass is 16.3. The van der Waals surface area contributed by atoms with Crippen LogP contribution in [0.5, 0.6) is 5.75 Å². The van der Waals surface area contributed by atoms with Crippen LogP contribution in [0.4, 0.5) is 5.82 Å². The number of nitrogens with zero attached hydrogens (tertiary/aromatic N) is 3. The van der Waals surface area contributed by atoms with E-state index in [1.807, 2.05) is 42.8 Å². The molecule has 2 heterocycles. The minimum absolute atomic E-state index is 0.140. The molecular weight excluding hydrogens is 342 g/mol. The third-order valence-corrected chi connectivity index (χ3v) is 4.40. The van der Waals surface area contributed by atoms with Crippen molar-refractivity contribution in [2.45, 2.75) is 20.4 Å². The summed E-state index contributed by atoms with van der Waals surface area (Å²) in [6, 6.07) is 14.3. The maximum atomic E-state index is 12.7. The second-order valence-corrected chi connectivity index (χ2v) is 6.54. The molecule has 0 bridgehead atoms. The second-order valence-electron chi connectivity index (χ2n) is 6.54. The average Bonchev–Trinajstić information content (AvgIpc) is 3.17. The highest BCUT2D eigenvalue weighted by molar-refractivity contribution is 6.08. The van der Waals surface area contributed by atoms with E-state index in [-0.39, 0.29) is 11.7 Å². The van der Waals surface area contributed by atoms with Crippen molar-refractivity contribution in [3.8, 4) is 5.75 Å². The van der Waals surface area contributed by atoms with Crippen LogP contribution in [0.1, 0.15) is 27.3 Å². The van der Waals surface area contributed by atoms with Crippen molar-refractivity contribution in [2.24, 2.45) is 0 Å². The molecule has 2 aromatic carbocycles. The lowest BCUT2D eigenvalue weighted by Gasteiger charge is -2.07. The number of H-pyrrole nitrogens is 1. The van der Waals surface area contributed by atoms with Crippen molar-refractivity contribution in [1.82, 2.24) is 20.0 Å². The smallest absolute Gasteiger partial charge is 0.256 e. The summed E-state index contributed by atoms with van der Waals surface area (Å²) in [6.07, 6.45) is 0. The Hall–Kier alpha value is -3.61. The highest BCUT2D eigenvalue weighted by Gasteiger charge is 2.12. The van der Waals surface area contributed by atoms with Gasteiger partial charge in [-0.1, -0.05) is 12.1 Å². The van der Waals surface area contributed by atoms with Crippen molar-refractivity contribution >= 4 is 22.6 Å². The van der Waals surface area contributed by atoms with Crippen LogP contribution >= 0.6 is 0 Å². The Morgan fingerprint density at radius 1 is 1.19 bits per heavy atom. The van der Waals surface area contributed by atoms with Crippen LogP contribution in [-0.4, -0.2) is 31.0 Å². The largest absolute Gasteiger partial charge is 0.508 e. The zero-order valence-electron chi connectivity index (χ0n) is 15.0. The van der Waals surface area contributed by atoms with E-state index in [4.69, 9.17) is 0 Å². The Morgan fingerprint density at radius 2 is 2.04 bits per heavy atom. The summed E-state index contributed by atoms with van der Waals surface area (Å²) in [5.41, 5.74) is 4.24. The summed E-state index contributed by atoms with van der Waals surface area (Å²) < 4.78 is 1.92. The Labute approximate surface area is 155 Å². The monoisotopic (exact) mass is 361 g/mol. The van der Waals surface area contributed by atoms with E-state index in [1.54, 1.807) is 24.3 Å². The molecule has 2 aromatic heterocycles. The molecule has 0 saturated heterocycles. The van der Waals surface area contributed by atoms with Crippen LogP contribution in [0.2, 0.25) is 0 Å². The van der Waals surface area contributed by atoms with E-state index in [9.17, 15) is 9.90 Å². The molecule has 0 radical (unpaired) electrons. The molecule has 7 heteroatoms. The van der Waals surface area contributed by atoms with Gasteiger partial charge in [0.25, 0.3) is 5.91 Å². The second kappa shape index (κ2) is 6.60. The lowest BCUT2D eigenvalue weighted by molar-refractivity contribution is 0.102. The van der Waals surface area contributed by atoms with Crippen LogP contribution in [0.3, 0.4) is 0 Å². The van der Waals surface area contributed by atoms with Gasteiger partial charge in [0, 0.05) is 22.7 Å². The molecule has 1 amide bonds. The maximum absolute atomic E-state index is 12.7. The first-order valence-electron chi connectivity index (χ1n) is 8.58. The standard InChI is InChI=1S/C20H19N5O2/c1-12-8-13(2)25(24-12)11-14-4-3-5-15(9-14)20(27)21-19-17-7-6-16(26)10-18(17)22-23-19/h3-10,26H,11H2,1-2H3,(H2,21,22,23,27).